The monoisotopic (exact) mass is 501 g/mol. The van der Waals surface area contributed by atoms with Crippen LogP contribution in [-0.4, -0.2) is 59.6 Å². The third kappa shape index (κ3) is 4.19. The molecule has 3 aliphatic heterocycles. The summed E-state index contributed by atoms with van der Waals surface area (Å²) >= 11 is 0. The zero-order chi connectivity index (χ0) is 24.9. The summed E-state index contributed by atoms with van der Waals surface area (Å²) in [5.74, 6) is -2.09. The molecule has 2 N–H and O–H groups in total. The number of hydrogen-bond donors (Lipinski definition) is 2. The molecule has 5 rings (SSSR count). The van der Waals surface area contributed by atoms with Gasteiger partial charge in [0.05, 0.1) is 4.90 Å². The van der Waals surface area contributed by atoms with Gasteiger partial charge in [0.2, 0.25) is 21.8 Å². The first-order chi connectivity index (χ1) is 16.6. The number of fused-ring (bicyclic) bond motifs is 1. The number of piperidine rings is 2. The lowest BCUT2D eigenvalue weighted by molar-refractivity contribution is -0.136. The third-order valence-electron chi connectivity index (χ3n) is 7.02. The molecule has 35 heavy (non-hydrogen) atoms. The lowest BCUT2D eigenvalue weighted by Gasteiger charge is -2.32. The fraction of sp³-hybridized carbons (Fsp3) is 0.375. The second kappa shape index (κ2) is 8.72. The summed E-state index contributed by atoms with van der Waals surface area (Å²) in [6.07, 6.45) is 1.24. The van der Waals surface area contributed by atoms with E-state index in [0.29, 0.717) is 24.0 Å². The van der Waals surface area contributed by atoms with Crippen LogP contribution in [0.5, 0.6) is 5.75 Å². The van der Waals surface area contributed by atoms with Crippen molar-refractivity contribution in [2.75, 3.05) is 13.1 Å². The molecule has 3 heterocycles. The Bertz CT molecular complexity index is 1320. The molecule has 2 fully saturated rings. The summed E-state index contributed by atoms with van der Waals surface area (Å²) in [6, 6.07) is 7.13. The molecule has 0 saturated carbocycles. The number of nitrogens with one attached hydrogen (secondary N) is 1. The van der Waals surface area contributed by atoms with E-state index >= 15 is 0 Å². The fourth-order valence-corrected chi connectivity index (χ4v) is 6.66. The first-order valence-electron chi connectivity index (χ1n) is 11.4. The van der Waals surface area contributed by atoms with E-state index in [-0.39, 0.29) is 60.5 Å². The van der Waals surface area contributed by atoms with Crippen LogP contribution in [0.4, 0.5) is 4.39 Å². The summed E-state index contributed by atoms with van der Waals surface area (Å²) < 4.78 is 41.9. The van der Waals surface area contributed by atoms with Crippen LogP contribution in [0.3, 0.4) is 0 Å². The molecule has 1 atom stereocenters. The first-order valence-corrected chi connectivity index (χ1v) is 12.9. The van der Waals surface area contributed by atoms with Crippen molar-refractivity contribution in [3.63, 3.8) is 0 Å². The predicted octanol–water partition coefficient (Wildman–Crippen LogP) is 1.86. The number of halogens is 1. The average molecular weight is 502 g/mol. The van der Waals surface area contributed by atoms with Crippen LogP contribution >= 0.6 is 0 Å². The minimum absolute atomic E-state index is 0.0245. The highest BCUT2D eigenvalue weighted by atomic mass is 32.2. The Morgan fingerprint density at radius 2 is 1.69 bits per heavy atom. The molecule has 0 aromatic heterocycles. The van der Waals surface area contributed by atoms with E-state index in [9.17, 15) is 32.3 Å². The van der Waals surface area contributed by atoms with Crippen molar-refractivity contribution in [3.8, 4) is 5.75 Å². The number of sulfonamides is 1. The van der Waals surface area contributed by atoms with Crippen molar-refractivity contribution >= 4 is 27.7 Å². The molecule has 2 aromatic carbocycles. The molecular formula is C24H24FN3O6S. The van der Waals surface area contributed by atoms with Gasteiger partial charge in [0.15, 0.2) is 0 Å². The quantitative estimate of drug-likeness (QED) is 0.617. The molecule has 0 radical (unpaired) electrons. The van der Waals surface area contributed by atoms with E-state index in [1.807, 2.05) is 0 Å². The maximum Gasteiger partial charge on any atom is 0.255 e. The van der Waals surface area contributed by atoms with E-state index in [0.717, 1.165) is 0 Å². The van der Waals surface area contributed by atoms with Crippen LogP contribution in [0.15, 0.2) is 41.3 Å². The van der Waals surface area contributed by atoms with Crippen molar-refractivity contribution in [1.29, 1.82) is 0 Å². The molecule has 11 heteroatoms. The number of phenols is 1. The van der Waals surface area contributed by atoms with Gasteiger partial charge in [-0.15, -0.1) is 0 Å². The zero-order valence-corrected chi connectivity index (χ0v) is 19.6. The number of aromatic hydroxyl groups is 1. The van der Waals surface area contributed by atoms with Gasteiger partial charge in [-0.1, -0.05) is 0 Å². The Balaban J connectivity index is 1.35. The molecule has 3 amide bonds. The van der Waals surface area contributed by atoms with E-state index in [1.54, 1.807) is 0 Å². The zero-order valence-electron chi connectivity index (χ0n) is 18.7. The maximum absolute atomic E-state index is 14.5. The van der Waals surface area contributed by atoms with Gasteiger partial charge < -0.3 is 10.0 Å². The van der Waals surface area contributed by atoms with E-state index in [2.05, 4.69) is 5.32 Å². The van der Waals surface area contributed by atoms with Crippen molar-refractivity contribution in [2.45, 2.75) is 49.1 Å². The Labute approximate surface area is 201 Å². The molecule has 0 bridgehead atoms. The number of rotatable bonds is 4. The smallest absolute Gasteiger partial charge is 0.255 e. The number of hydrogen-bond acceptors (Lipinski definition) is 6. The molecule has 184 valence electrons. The molecular weight excluding hydrogens is 477 g/mol. The molecule has 2 aromatic rings. The number of phenolic OH excluding ortho intramolecular Hbond substituents is 1. The van der Waals surface area contributed by atoms with Gasteiger partial charge >= 0.3 is 0 Å². The summed E-state index contributed by atoms with van der Waals surface area (Å²) in [4.78, 5) is 38.4. The lowest BCUT2D eigenvalue weighted by atomic mass is 9.86. The second-order valence-electron chi connectivity index (χ2n) is 9.09. The predicted molar refractivity (Wildman–Crippen MR) is 121 cm³/mol. The molecule has 1 unspecified atom stereocenters. The molecule has 0 aliphatic carbocycles. The standard InChI is InChI=1S/C24H24FN3O6S/c25-15-11-18(14-7-9-27(10-8-14)35(33,34)17-3-1-16(29)2-4-17)20-13-28(24(32)19(20)12-15)21-5-6-22(30)26-23(21)31/h1-4,11-12,14,21,29H,5-10,13H2,(H,26,30,31). The minimum atomic E-state index is -3.73. The highest BCUT2D eigenvalue weighted by Gasteiger charge is 2.41. The molecule has 3 aliphatic rings. The van der Waals surface area contributed by atoms with Crippen molar-refractivity contribution < 1.29 is 32.3 Å². The lowest BCUT2D eigenvalue weighted by Crippen LogP contribution is -2.52. The van der Waals surface area contributed by atoms with Crippen LogP contribution in [0.2, 0.25) is 0 Å². The topological polar surface area (TPSA) is 124 Å². The summed E-state index contributed by atoms with van der Waals surface area (Å²) in [6.45, 7) is 0.593. The largest absolute Gasteiger partial charge is 0.508 e. The van der Waals surface area contributed by atoms with Crippen molar-refractivity contribution in [1.82, 2.24) is 14.5 Å². The Hall–Kier alpha value is -3.31. The van der Waals surface area contributed by atoms with Gasteiger partial charge in [0.1, 0.15) is 17.6 Å². The summed E-state index contributed by atoms with van der Waals surface area (Å²) in [5.41, 5.74) is 1.52. The maximum atomic E-state index is 14.5. The minimum Gasteiger partial charge on any atom is -0.508 e. The Kier molecular flexibility index (Phi) is 5.84. The number of carbonyl (C=O) groups excluding carboxylic acids is 3. The van der Waals surface area contributed by atoms with E-state index < -0.39 is 33.7 Å². The number of amides is 3. The highest BCUT2D eigenvalue weighted by Crippen LogP contribution is 2.38. The first kappa shape index (κ1) is 23.4. The normalized spacial score (nSPS) is 21.8. The van der Waals surface area contributed by atoms with Gasteiger partial charge in [0.25, 0.3) is 5.91 Å². The molecule has 0 spiro atoms. The average Bonchev–Trinajstić information content (AvgIpc) is 3.15. The van der Waals surface area contributed by atoms with Crippen LogP contribution in [-0.2, 0) is 26.2 Å². The number of imide groups is 1. The van der Waals surface area contributed by atoms with Crippen LogP contribution in [0.1, 0.15) is 53.1 Å². The van der Waals surface area contributed by atoms with Gasteiger partial charge in [-0.2, -0.15) is 4.31 Å². The Morgan fingerprint density at radius 1 is 1.00 bits per heavy atom. The number of benzene rings is 2. The summed E-state index contributed by atoms with van der Waals surface area (Å²) in [7, 11) is -3.73. The number of carbonyl (C=O) groups is 3. The fourth-order valence-electron chi connectivity index (χ4n) is 5.19. The number of nitrogens with zero attached hydrogens (tertiary/aromatic N) is 2. The van der Waals surface area contributed by atoms with E-state index in [1.165, 1.54) is 45.6 Å². The van der Waals surface area contributed by atoms with Crippen molar-refractivity contribution in [2.24, 2.45) is 0 Å². The highest BCUT2D eigenvalue weighted by molar-refractivity contribution is 7.89. The van der Waals surface area contributed by atoms with Crippen LogP contribution < -0.4 is 5.32 Å². The molecule has 9 nitrogen and oxygen atoms in total. The molecule has 2 saturated heterocycles. The summed E-state index contributed by atoms with van der Waals surface area (Å²) in [5, 5.41) is 11.7. The van der Waals surface area contributed by atoms with Gasteiger partial charge in [0, 0.05) is 31.6 Å². The van der Waals surface area contributed by atoms with E-state index in [4.69, 9.17) is 0 Å². The van der Waals surface area contributed by atoms with Gasteiger partial charge in [-0.25, -0.2) is 12.8 Å². The third-order valence-corrected chi connectivity index (χ3v) is 8.94. The van der Waals surface area contributed by atoms with Gasteiger partial charge in [-0.05, 0) is 72.7 Å². The van der Waals surface area contributed by atoms with Gasteiger partial charge in [-0.3, -0.25) is 19.7 Å². The second-order valence-corrected chi connectivity index (χ2v) is 11.0. The SMILES string of the molecule is O=C1CCC(N2Cc3c(cc(F)cc3C3CCN(S(=O)(=O)c4ccc(O)cc4)CC3)C2=O)C(=O)N1. The Morgan fingerprint density at radius 3 is 2.34 bits per heavy atom. The van der Waals surface area contributed by atoms with Crippen LogP contribution in [0, 0.1) is 5.82 Å². The van der Waals surface area contributed by atoms with Crippen LogP contribution in [0.25, 0.3) is 0 Å². The van der Waals surface area contributed by atoms with Crippen molar-refractivity contribution in [3.05, 3.63) is 58.9 Å².